The van der Waals surface area contributed by atoms with Crippen LogP contribution >= 0.6 is 0 Å². The Kier molecular flexibility index (Phi) is 6.21. The molecule has 0 fully saturated rings. The first-order valence-corrected chi connectivity index (χ1v) is 10.1. The van der Waals surface area contributed by atoms with Gasteiger partial charge >= 0.3 is 5.97 Å². The number of methoxy groups -OCH3 is 1. The molecule has 4 rings (SSSR count). The van der Waals surface area contributed by atoms with Gasteiger partial charge in [0.15, 0.2) is 6.61 Å². The SMILES string of the molecule is COc1ccccc1CNC(=O)COC(=O)c1ccc2c(c1)C(=O)N(Cc1ccco1)C2=O. The van der Waals surface area contributed by atoms with Gasteiger partial charge in [-0.2, -0.15) is 0 Å². The average Bonchev–Trinajstić information content (AvgIpc) is 3.44. The molecule has 1 aliphatic heterocycles. The molecule has 0 atom stereocenters. The predicted molar refractivity (Wildman–Crippen MR) is 114 cm³/mol. The third kappa shape index (κ3) is 4.62. The highest BCUT2D eigenvalue weighted by Crippen LogP contribution is 2.26. The number of esters is 1. The fourth-order valence-electron chi connectivity index (χ4n) is 3.43. The van der Waals surface area contributed by atoms with E-state index in [1.54, 1.807) is 18.2 Å². The van der Waals surface area contributed by atoms with Crippen molar-refractivity contribution < 1.29 is 33.1 Å². The predicted octanol–water partition coefficient (Wildman–Crippen LogP) is 2.56. The highest BCUT2D eigenvalue weighted by molar-refractivity contribution is 6.21. The largest absolute Gasteiger partial charge is 0.496 e. The van der Waals surface area contributed by atoms with Crippen molar-refractivity contribution in [1.82, 2.24) is 10.2 Å². The lowest BCUT2D eigenvalue weighted by Crippen LogP contribution is -2.29. The van der Waals surface area contributed by atoms with Crippen LogP contribution in [0.1, 0.15) is 42.4 Å². The molecular formula is C24H20N2O7. The summed E-state index contributed by atoms with van der Waals surface area (Å²) in [6.45, 7) is -0.296. The molecule has 0 spiro atoms. The summed E-state index contributed by atoms with van der Waals surface area (Å²) in [4.78, 5) is 50.8. The van der Waals surface area contributed by atoms with Gasteiger partial charge in [0.05, 0.1) is 36.6 Å². The van der Waals surface area contributed by atoms with E-state index < -0.39 is 30.3 Å². The monoisotopic (exact) mass is 448 g/mol. The Hall–Kier alpha value is -4.40. The van der Waals surface area contributed by atoms with Gasteiger partial charge in [-0.1, -0.05) is 18.2 Å². The molecule has 0 saturated heterocycles. The molecule has 3 aromatic rings. The van der Waals surface area contributed by atoms with Crippen molar-refractivity contribution in [2.45, 2.75) is 13.1 Å². The molecule has 0 bridgehead atoms. The lowest BCUT2D eigenvalue weighted by molar-refractivity contribution is -0.124. The van der Waals surface area contributed by atoms with Crippen molar-refractivity contribution in [2.75, 3.05) is 13.7 Å². The number of carbonyl (C=O) groups is 4. The van der Waals surface area contributed by atoms with Gasteiger partial charge in [-0.3, -0.25) is 19.3 Å². The number of carbonyl (C=O) groups excluding carboxylic acids is 4. The fourth-order valence-corrected chi connectivity index (χ4v) is 3.43. The smallest absolute Gasteiger partial charge is 0.338 e. The second kappa shape index (κ2) is 9.39. The number of benzene rings is 2. The summed E-state index contributed by atoms with van der Waals surface area (Å²) in [6.07, 6.45) is 1.45. The molecule has 1 N–H and O–H groups in total. The van der Waals surface area contributed by atoms with Gasteiger partial charge in [-0.05, 0) is 36.4 Å². The van der Waals surface area contributed by atoms with E-state index in [-0.39, 0.29) is 29.8 Å². The number of fused-ring (bicyclic) bond motifs is 1. The first-order valence-electron chi connectivity index (χ1n) is 10.1. The first kappa shape index (κ1) is 21.8. The molecule has 0 aliphatic carbocycles. The van der Waals surface area contributed by atoms with Crippen molar-refractivity contribution in [1.29, 1.82) is 0 Å². The average molecular weight is 448 g/mol. The number of rotatable bonds is 8. The van der Waals surface area contributed by atoms with E-state index in [2.05, 4.69) is 5.32 Å². The highest BCUT2D eigenvalue weighted by atomic mass is 16.5. The van der Waals surface area contributed by atoms with Crippen LogP contribution in [0.4, 0.5) is 0 Å². The fraction of sp³-hybridized carbons (Fsp3) is 0.167. The molecule has 0 unspecified atom stereocenters. The number of imide groups is 1. The Morgan fingerprint density at radius 3 is 2.55 bits per heavy atom. The highest BCUT2D eigenvalue weighted by Gasteiger charge is 2.36. The summed E-state index contributed by atoms with van der Waals surface area (Å²) in [5, 5.41) is 2.65. The first-order chi connectivity index (χ1) is 16.0. The van der Waals surface area contributed by atoms with Crippen molar-refractivity contribution in [3.63, 3.8) is 0 Å². The topological polar surface area (TPSA) is 115 Å². The number of nitrogens with one attached hydrogen (secondary N) is 1. The van der Waals surface area contributed by atoms with Crippen LogP contribution < -0.4 is 10.1 Å². The number of amides is 3. The minimum atomic E-state index is -0.782. The maximum Gasteiger partial charge on any atom is 0.338 e. The maximum atomic E-state index is 12.7. The number of hydrogen-bond acceptors (Lipinski definition) is 7. The molecule has 1 aliphatic rings. The van der Waals surface area contributed by atoms with E-state index in [9.17, 15) is 19.2 Å². The van der Waals surface area contributed by atoms with Crippen molar-refractivity contribution in [3.05, 3.63) is 88.9 Å². The number of para-hydroxylation sites is 1. The van der Waals surface area contributed by atoms with Crippen LogP contribution in [0.25, 0.3) is 0 Å². The zero-order valence-corrected chi connectivity index (χ0v) is 17.7. The summed E-state index contributed by atoms with van der Waals surface area (Å²) < 4.78 is 15.5. The van der Waals surface area contributed by atoms with Gasteiger partial charge in [0.25, 0.3) is 17.7 Å². The summed E-state index contributed by atoms with van der Waals surface area (Å²) in [7, 11) is 1.54. The quantitative estimate of drug-likeness (QED) is 0.416. The molecule has 2 heterocycles. The van der Waals surface area contributed by atoms with Gasteiger partial charge in [0.1, 0.15) is 11.5 Å². The third-order valence-corrected chi connectivity index (χ3v) is 5.10. The summed E-state index contributed by atoms with van der Waals surface area (Å²) in [6, 6.07) is 14.6. The Bertz CT molecular complexity index is 1220. The molecule has 2 aromatic carbocycles. The van der Waals surface area contributed by atoms with E-state index >= 15 is 0 Å². The molecule has 3 amide bonds. The molecular weight excluding hydrogens is 428 g/mol. The van der Waals surface area contributed by atoms with Crippen molar-refractivity contribution in [2.24, 2.45) is 0 Å². The number of hydrogen-bond donors (Lipinski definition) is 1. The van der Waals surface area contributed by atoms with E-state index in [0.29, 0.717) is 11.5 Å². The Morgan fingerprint density at radius 2 is 1.79 bits per heavy atom. The zero-order chi connectivity index (χ0) is 23.4. The standard InChI is InChI=1S/C24H20N2O7/c1-31-20-7-3-2-5-16(20)12-25-21(27)14-33-24(30)15-8-9-18-19(11-15)23(29)26(22(18)28)13-17-6-4-10-32-17/h2-11H,12-14H2,1H3,(H,25,27). The maximum absolute atomic E-state index is 12.7. The molecule has 168 valence electrons. The van der Waals surface area contributed by atoms with E-state index in [0.717, 1.165) is 10.5 Å². The van der Waals surface area contributed by atoms with Crippen molar-refractivity contribution in [3.8, 4) is 5.75 Å². The third-order valence-electron chi connectivity index (χ3n) is 5.10. The Morgan fingerprint density at radius 1 is 1.00 bits per heavy atom. The summed E-state index contributed by atoms with van der Waals surface area (Å²) >= 11 is 0. The van der Waals surface area contributed by atoms with Crippen molar-refractivity contribution >= 4 is 23.7 Å². The van der Waals surface area contributed by atoms with Crippen LogP contribution in [0.5, 0.6) is 5.75 Å². The Labute approximate surface area is 188 Å². The lowest BCUT2D eigenvalue weighted by Gasteiger charge is -2.11. The van der Waals surface area contributed by atoms with Crippen LogP contribution in [-0.4, -0.2) is 42.3 Å². The van der Waals surface area contributed by atoms with Crippen LogP contribution in [0.3, 0.4) is 0 Å². The Balaban J connectivity index is 1.35. The van der Waals surface area contributed by atoms with Gasteiger partial charge in [-0.25, -0.2) is 4.79 Å². The van der Waals surface area contributed by atoms with E-state index in [1.807, 2.05) is 18.2 Å². The zero-order valence-electron chi connectivity index (χ0n) is 17.7. The second-order valence-electron chi connectivity index (χ2n) is 7.20. The van der Waals surface area contributed by atoms with Crippen LogP contribution in [-0.2, 0) is 22.6 Å². The van der Waals surface area contributed by atoms with E-state index in [1.165, 1.54) is 31.6 Å². The van der Waals surface area contributed by atoms with Crippen LogP contribution in [0.2, 0.25) is 0 Å². The van der Waals surface area contributed by atoms with Gasteiger partial charge in [0, 0.05) is 12.1 Å². The second-order valence-corrected chi connectivity index (χ2v) is 7.20. The molecule has 0 radical (unpaired) electrons. The van der Waals surface area contributed by atoms with Gasteiger partial charge in [0.2, 0.25) is 0 Å². The normalized spacial score (nSPS) is 12.5. The summed E-state index contributed by atoms with van der Waals surface area (Å²) in [5.41, 5.74) is 1.13. The number of furan rings is 1. The molecule has 9 heteroatoms. The molecule has 9 nitrogen and oxygen atoms in total. The molecule has 33 heavy (non-hydrogen) atoms. The van der Waals surface area contributed by atoms with Crippen LogP contribution in [0.15, 0.2) is 65.3 Å². The molecule has 1 aromatic heterocycles. The van der Waals surface area contributed by atoms with E-state index in [4.69, 9.17) is 13.9 Å². The van der Waals surface area contributed by atoms with Crippen LogP contribution in [0, 0.1) is 0 Å². The van der Waals surface area contributed by atoms with Gasteiger partial charge < -0.3 is 19.2 Å². The number of ether oxygens (including phenoxy) is 2. The lowest BCUT2D eigenvalue weighted by atomic mass is 10.1. The minimum absolute atomic E-state index is 0.00844. The minimum Gasteiger partial charge on any atom is -0.496 e. The summed E-state index contributed by atoms with van der Waals surface area (Å²) in [5.74, 6) is -1.18. The molecule has 0 saturated carbocycles. The van der Waals surface area contributed by atoms with Gasteiger partial charge in [-0.15, -0.1) is 0 Å². The number of nitrogens with zero attached hydrogens (tertiary/aromatic N) is 1.